The first-order valence-electron chi connectivity index (χ1n) is 8.57. The Bertz CT molecular complexity index is 594. The van der Waals surface area contributed by atoms with Crippen LogP contribution in [0.3, 0.4) is 0 Å². The van der Waals surface area contributed by atoms with E-state index in [2.05, 4.69) is 25.8 Å². The Balaban J connectivity index is 0.00000288. The highest BCUT2D eigenvalue weighted by Crippen LogP contribution is 2.23. The first kappa shape index (κ1) is 21.4. The summed E-state index contributed by atoms with van der Waals surface area (Å²) in [6.07, 6.45) is 3.03. The van der Waals surface area contributed by atoms with Crippen LogP contribution in [0.4, 0.5) is 0 Å². The van der Waals surface area contributed by atoms with Crippen LogP contribution in [-0.4, -0.2) is 50.3 Å². The monoisotopic (exact) mass is 374 g/mol. The van der Waals surface area contributed by atoms with E-state index < -0.39 is 10.0 Å². The van der Waals surface area contributed by atoms with Crippen LogP contribution in [0.2, 0.25) is 0 Å². The minimum absolute atomic E-state index is 0. The Morgan fingerprint density at radius 2 is 1.71 bits per heavy atom. The van der Waals surface area contributed by atoms with Gasteiger partial charge in [0.25, 0.3) is 0 Å². The molecule has 138 valence electrons. The van der Waals surface area contributed by atoms with E-state index in [-0.39, 0.29) is 12.4 Å². The third-order valence-electron chi connectivity index (χ3n) is 4.76. The molecule has 1 aliphatic rings. The number of sulfonamides is 1. The summed E-state index contributed by atoms with van der Waals surface area (Å²) in [5.74, 6) is 0.708. The van der Waals surface area contributed by atoms with Gasteiger partial charge in [0.15, 0.2) is 0 Å². The second kappa shape index (κ2) is 9.18. The van der Waals surface area contributed by atoms with Gasteiger partial charge in [-0.1, -0.05) is 31.5 Å². The average Bonchev–Trinajstić information content (AvgIpc) is 2.53. The maximum atomic E-state index is 12.7. The largest absolute Gasteiger partial charge is 0.303 e. The minimum atomic E-state index is -3.34. The number of halogens is 1. The van der Waals surface area contributed by atoms with E-state index >= 15 is 0 Å². The van der Waals surface area contributed by atoms with Gasteiger partial charge in [-0.05, 0) is 57.8 Å². The third-order valence-corrected chi connectivity index (χ3v) is 6.68. The Morgan fingerprint density at radius 3 is 2.21 bits per heavy atom. The maximum Gasteiger partial charge on any atom is 0.243 e. The van der Waals surface area contributed by atoms with E-state index in [1.54, 1.807) is 16.4 Å². The maximum absolute atomic E-state index is 12.7. The Hall–Kier alpha value is -0.620. The van der Waals surface area contributed by atoms with Gasteiger partial charge in [0.2, 0.25) is 10.0 Å². The topological polar surface area (TPSA) is 40.6 Å². The molecule has 1 fully saturated rings. The molecule has 4 nitrogen and oxygen atoms in total. The Morgan fingerprint density at radius 1 is 1.17 bits per heavy atom. The first-order valence-corrected chi connectivity index (χ1v) is 10.0. The predicted molar refractivity (Wildman–Crippen MR) is 102 cm³/mol. The van der Waals surface area contributed by atoms with Crippen LogP contribution in [0.15, 0.2) is 29.2 Å². The standard InChI is InChI=1S/C18H30N2O2S.ClH/c1-15(2)9-12-19(4)17-10-13-20(14-11-17)23(21,22)18-7-5-16(3)6-8-18;/h5-8,15,17H,9-14H2,1-4H3;1H. The van der Waals surface area contributed by atoms with Crippen LogP contribution in [0.1, 0.15) is 38.7 Å². The van der Waals surface area contributed by atoms with Crippen LogP contribution in [-0.2, 0) is 10.0 Å². The molecule has 6 heteroatoms. The molecule has 0 aliphatic carbocycles. The van der Waals surface area contributed by atoms with Gasteiger partial charge in [-0.3, -0.25) is 0 Å². The van der Waals surface area contributed by atoms with Gasteiger partial charge in [-0.2, -0.15) is 4.31 Å². The predicted octanol–water partition coefficient (Wildman–Crippen LogP) is 3.55. The summed E-state index contributed by atoms with van der Waals surface area (Å²) in [7, 11) is -1.17. The molecule has 0 saturated carbocycles. The summed E-state index contributed by atoms with van der Waals surface area (Å²) < 4.78 is 27.0. The zero-order valence-electron chi connectivity index (χ0n) is 15.2. The molecule has 1 aromatic rings. The van der Waals surface area contributed by atoms with Crippen molar-refractivity contribution in [2.75, 3.05) is 26.7 Å². The van der Waals surface area contributed by atoms with Gasteiger partial charge in [-0.15, -0.1) is 12.4 Å². The number of benzene rings is 1. The highest BCUT2D eigenvalue weighted by Gasteiger charge is 2.30. The number of nitrogens with zero attached hydrogens (tertiary/aromatic N) is 2. The molecule has 0 amide bonds. The van der Waals surface area contributed by atoms with Crippen LogP contribution in [0, 0.1) is 12.8 Å². The molecule has 0 spiro atoms. The number of piperidine rings is 1. The van der Waals surface area contributed by atoms with Crippen molar-refractivity contribution in [3.63, 3.8) is 0 Å². The summed E-state index contributed by atoms with van der Waals surface area (Å²) in [6, 6.07) is 7.65. The molecule has 2 rings (SSSR count). The van der Waals surface area contributed by atoms with Gasteiger partial charge in [0, 0.05) is 19.1 Å². The lowest BCUT2D eigenvalue weighted by molar-refractivity contribution is 0.162. The highest BCUT2D eigenvalue weighted by molar-refractivity contribution is 7.89. The van der Waals surface area contributed by atoms with E-state index in [1.165, 1.54) is 6.42 Å². The quantitative estimate of drug-likeness (QED) is 0.764. The van der Waals surface area contributed by atoms with Crippen molar-refractivity contribution >= 4 is 22.4 Å². The van der Waals surface area contributed by atoms with E-state index in [4.69, 9.17) is 0 Å². The first-order chi connectivity index (χ1) is 10.8. The van der Waals surface area contributed by atoms with Crippen LogP contribution >= 0.6 is 12.4 Å². The van der Waals surface area contributed by atoms with E-state index in [9.17, 15) is 8.42 Å². The highest BCUT2D eigenvalue weighted by atomic mass is 35.5. The number of hydrogen-bond donors (Lipinski definition) is 0. The fraction of sp³-hybridized carbons (Fsp3) is 0.667. The fourth-order valence-electron chi connectivity index (χ4n) is 3.03. The van der Waals surface area contributed by atoms with Crippen molar-refractivity contribution in [3.05, 3.63) is 29.8 Å². The SMILES string of the molecule is Cc1ccc(S(=O)(=O)N2CCC(N(C)CCC(C)C)CC2)cc1.Cl. The molecule has 0 bridgehead atoms. The molecule has 1 saturated heterocycles. The molecule has 0 radical (unpaired) electrons. The normalized spacial score (nSPS) is 17.2. The smallest absolute Gasteiger partial charge is 0.243 e. The lowest BCUT2D eigenvalue weighted by atomic mass is 10.0. The zero-order chi connectivity index (χ0) is 17.0. The van der Waals surface area contributed by atoms with Crippen LogP contribution in [0.25, 0.3) is 0 Å². The van der Waals surface area contributed by atoms with E-state index in [0.29, 0.717) is 29.9 Å². The summed E-state index contributed by atoms with van der Waals surface area (Å²) in [5, 5.41) is 0. The summed E-state index contributed by atoms with van der Waals surface area (Å²) >= 11 is 0. The second-order valence-electron chi connectivity index (χ2n) is 7.11. The molecule has 0 atom stereocenters. The van der Waals surface area contributed by atoms with Crippen molar-refractivity contribution < 1.29 is 8.42 Å². The Kier molecular flexibility index (Phi) is 8.20. The van der Waals surface area contributed by atoms with Gasteiger partial charge in [-0.25, -0.2) is 8.42 Å². The molecule has 0 unspecified atom stereocenters. The molecular formula is C18H31ClN2O2S. The number of rotatable bonds is 6. The fourth-order valence-corrected chi connectivity index (χ4v) is 4.50. The molecule has 1 aromatic carbocycles. The summed E-state index contributed by atoms with van der Waals surface area (Å²) in [6.45, 7) is 8.77. The van der Waals surface area contributed by atoms with Gasteiger partial charge < -0.3 is 4.90 Å². The zero-order valence-corrected chi connectivity index (χ0v) is 16.9. The Labute approximate surface area is 153 Å². The van der Waals surface area contributed by atoms with E-state index in [0.717, 1.165) is 24.9 Å². The molecular weight excluding hydrogens is 344 g/mol. The van der Waals surface area contributed by atoms with Gasteiger partial charge in [0.05, 0.1) is 4.90 Å². The van der Waals surface area contributed by atoms with Gasteiger partial charge in [0.1, 0.15) is 0 Å². The minimum Gasteiger partial charge on any atom is -0.303 e. The van der Waals surface area contributed by atoms with Crippen molar-refractivity contribution in [1.29, 1.82) is 0 Å². The molecule has 24 heavy (non-hydrogen) atoms. The van der Waals surface area contributed by atoms with Crippen molar-refractivity contribution in [3.8, 4) is 0 Å². The lowest BCUT2D eigenvalue weighted by Crippen LogP contribution is -2.45. The molecule has 1 aliphatic heterocycles. The average molecular weight is 375 g/mol. The number of hydrogen-bond acceptors (Lipinski definition) is 3. The van der Waals surface area contributed by atoms with Gasteiger partial charge >= 0.3 is 0 Å². The van der Waals surface area contributed by atoms with Crippen molar-refractivity contribution in [2.24, 2.45) is 5.92 Å². The summed E-state index contributed by atoms with van der Waals surface area (Å²) in [5.41, 5.74) is 1.08. The molecule has 0 N–H and O–H groups in total. The molecule has 0 aromatic heterocycles. The number of aryl methyl sites for hydroxylation is 1. The molecule has 1 heterocycles. The second-order valence-corrected chi connectivity index (χ2v) is 9.05. The van der Waals surface area contributed by atoms with Crippen molar-refractivity contribution in [2.45, 2.75) is 51.0 Å². The third kappa shape index (κ3) is 5.45. The van der Waals surface area contributed by atoms with Crippen LogP contribution < -0.4 is 0 Å². The summed E-state index contributed by atoms with van der Waals surface area (Å²) in [4.78, 5) is 2.81. The van der Waals surface area contributed by atoms with E-state index in [1.807, 2.05) is 19.1 Å². The lowest BCUT2D eigenvalue weighted by Gasteiger charge is -2.36. The van der Waals surface area contributed by atoms with Crippen LogP contribution in [0.5, 0.6) is 0 Å². The van der Waals surface area contributed by atoms with Crippen molar-refractivity contribution in [1.82, 2.24) is 9.21 Å².